The maximum absolute atomic E-state index is 12.3. The highest BCUT2D eigenvalue weighted by molar-refractivity contribution is 6.33. The summed E-state index contributed by atoms with van der Waals surface area (Å²) >= 11 is 5.81. The number of nitrogen functional groups attached to an aromatic ring is 1. The Morgan fingerprint density at radius 1 is 1.32 bits per heavy atom. The molecular weight excluding hydrogens is 304 g/mol. The van der Waals surface area contributed by atoms with Crippen molar-refractivity contribution < 1.29 is 14.3 Å². The van der Waals surface area contributed by atoms with E-state index in [2.05, 4.69) is 0 Å². The first kappa shape index (κ1) is 16.6. The van der Waals surface area contributed by atoms with Gasteiger partial charge in [0.2, 0.25) is 0 Å². The molecule has 1 fully saturated rings. The van der Waals surface area contributed by atoms with Gasteiger partial charge in [0.05, 0.1) is 16.3 Å². The zero-order valence-corrected chi connectivity index (χ0v) is 13.6. The van der Waals surface area contributed by atoms with Crippen LogP contribution in [0.2, 0.25) is 5.02 Å². The second kappa shape index (κ2) is 7.01. The predicted molar refractivity (Wildman–Crippen MR) is 85.8 cm³/mol. The Labute approximate surface area is 135 Å². The number of carbonyl (C=O) groups is 2. The summed E-state index contributed by atoms with van der Waals surface area (Å²) in [7, 11) is 0. The van der Waals surface area contributed by atoms with E-state index in [4.69, 9.17) is 22.1 Å². The fourth-order valence-electron chi connectivity index (χ4n) is 2.87. The standard InChI is InChI=1S/C16H21ClN2O3/c1-10-4-3-5-11(2)19(10)15(20)9-22-16(21)12-6-7-13(17)14(18)8-12/h6-8,10-11H,3-5,9,18H2,1-2H3/t10-,11-/m1/s1. The molecule has 2 N–H and O–H groups in total. The van der Waals surface area contributed by atoms with Gasteiger partial charge >= 0.3 is 5.97 Å². The van der Waals surface area contributed by atoms with Crippen molar-refractivity contribution in [3.63, 3.8) is 0 Å². The van der Waals surface area contributed by atoms with Crippen LogP contribution < -0.4 is 5.73 Å². The van der Waals surface area contributed by atoms with Crippen LogP contribution in [0.5, 0.6) is 0 Å². The molecule has 6 heteroatoms. The van der Waals surface area contributed by atoms with Gasteiger partial charge in [-0.2, -0.15) is 0 Å². The summed E-state index contributed by atoms with van der Waals surface area (Å²) in [4.78, 5) is 26.1. The molecule has 2 atom stereocenters. The number of likely N-dealkylation sites (tertiary alicyclic amines) is 1. The minimum Gasteiger partial charge on any atom is -0.452 e. The van der Waals surface area contributed by atoms with E-state index in [0.29, 0.717) is 10.7 Å². The highest BCUT2D eigenvalue weighted by atomic mass is 35.5. The predicted octanol–water partition coefficient (Wildman–Crippen LogP) is 2.87. The second-order valence-corrected chi connectivity index (χ2v) is 6.15. The lowest BCUT2D eigenvalue weighted by molar-refractivity contribution is -0.140. The molecule has 1 saturated heterocycles. The molecule has 0 spiro atoms. The number of nitrogens with two attached hydrogens (primary N) is 1. The van der Waals surface area contributed by atoms with Crippen molar-refractivity contribution in [2.24, 2.45) is 0 Å². The molecule has 0 bridgehead atoms. The number of rotatable bonds is 3. The van der Waals surface area contributed by atoms with Crippen molar-refractivity contribution in [2.75, 3.05) is 12.3 Å². The Hall–Kier alpha value is -1.75. The smallest absolute Gasteiger partial charge is 0.338 e. The summed E-state index contributed by atoms with van der Waals surface area (Å²) in [5.41, 5.74) is 6.25. The normalized spacial score (nSPS) is 21.5. The Morgan fingerprint density at radius 2 is 1.95 bits per heavy atom. The molecule has 120 valence electrons. The van der Waals surface area contributed by atoms with Gasteiger partial charge in [-0.1, -0.05) is 11.6 Å². The van der Waals surface area contributed by atoms with E-state index in [1.807, 2.05) is 18.7 Å². The third kappa shape index (κ3) is 3.71. The van der Waals surface area contributed by atoms with Crippen LogP contribution in [0.25, 0.3) is 0 Å². The fraction of sp³-hybridized carbons (Fsp3) is 0.500. The highest BCUT2D eigenvalue weighted by Gasteiger charge is 2.29. The van der Waals surface area contributed by atoms with Gasteiger partial charge in [-0.3, -0.25) is 4.79 Å². The molecule has 1 aliphatic rings. The molecule has 1 amide bonds. The van der Waals surface area contributed by atoms with Crippen LogP contribution in [-0.2, 0) is 9.53 Å². The zero-order valence-electron chi connectivity index (χ0n) is 12.8. The average Bonchev–Trinajstić information content (AvgIpc) is 2.47. The van der Waals surface area contributed by atoms with E-state index >= 15 is 0 Å². The number of ether oxygens (including phenoxy) is 1. The number of piperidine rings is 1. The van der Waals surface area contributed by atoms with Gasteiger partial charge in [-0.15, -0.1) is 0 Å². The summed E-state index contributed by atoms with van der Waals surface area (Å²) in [6.45, 7) is 3.79. The van der Waals surface area contributed by atoms with E-state index in [0.717, 1.165) is 19.3 Å². The van der Waals surface area contributed by atoms with Crippen molar-refractivity contribution in [2.45, 2.75) is 45.2 Å². The van der Waals surface area contributed by atoms with E-state index < -0.39 is 5.97 Å². The Balaban J connectivity index is 1.95. The van der Waals surface area contributed by atoms with Gasteiger partial charge in [-0.25, -0.2) is 4.79 Å². The number of halogens is 1. The fourth-order valence-corrected chi connectivity index (χ4v) is 2.99. The zero-order chi connectivity index (χ0) is 16.3. The van der Waals surface area contributed by atoms with Gasteiger partial charge in [0.1, 0.15) is 0 Å². The summed E-state index contributed by atoms with van der Waals surface area (Å²) in [6, 6.07) is 4.87. The van der Waals surface area contributed by atoms with Gasteiger partial charge in [-0.05, 0) is 51.3 Å². The summed E-state index contributed by atoms with van der Waals surface area (Å²) < 4.78 is 5.11. The largest absolute Gasteiger partial charge is 0.452 e. The molecular formula is C16H21ClN2O3. The Kier molecular flexibility index (Phi) is 5.29. The van der Waals surface area contributed by atoms with Crippen LogP contribution in [-0.4, -0.2) is 35.5 Å². The Morgan fingerprint density at radius 3 is 2.55 bits per heavy atom. The van der Waals surface area contributed by atoms with Crippen molar-refractivity contribution in [3.05, 3.63) is 28.8 Å². The lowest BCUT2D eigenvalue weighted by atomic mass is 9.97. The third-order valence-corrected chi connectivity index (χ3v) is 4.38. The van der Waals surface area contributed by atoms with E-state index in [1.54, 1.807) is 0 Å². The lowest BCUT2D eigenvalue weighted by Crippen LogP contribution is -2.49. The van der Waals surface area contributed by atoms with Gasteiger partial charge < -0.3 is 15.4 Å². The minimum atomic E-state index is -0.575. The highest BCUT2D eigenvalue weighted by Crippen LogP contribution is 2.23. The van der Waals surface area contributed by atoms with Crippen molar-refractivity contribution >= 4 is 29.2 Å². The third-order valence-electron chi connectivity index (χ3n) is 4.04. The van der Waals surface area contributed by atoms with Crippen LogP contribution in [0.1, 0.15) is 43.5 Å². The molecule has 0 unspecified atom stereocenters. The number of nitrogens with zero attached hydrogens (tertiary/aromatic N) is 1. The van der Waals surface area contributed by atoms with Crippen LogP contribution >= 0.6 is 11.6 Å². The number of esters is 1. The van der Waals surface area contributed by atoms with Crippen LogP contribution in [0, 0.1) is 0 Å². The van der Waals surface area contributed by atoms with E-state index in [9.17, 15) is 9.59 Å². The SMILES string of the molecule is C[C@@H]1CCC[C@@H](C)N1C(=O)COC(=O)c1ccc(Cl)c(N)c1. The van der Waals surface area contributed by atoms with Crippen molar-refractivity contribution in [1.82, 2.24) is 4.90 Å². The second-order valence-electron chi connectivity index (χ2n) is 5.74. The minimum absolute atomic E-state index is 0.157. The summed E-state index contributed by atoms with van der Waals surface area (Å²) in [5.74, 6) is -0.732. The van der Waals surface area contributed by atoms with E-state index in [-0.39, 0.29) is 30.2 Å². The molecule has 0 radical (unpaired) electrons. The van der Waals surface area contributed by atoms with Crippen molar-refractivity contribution in [3.8, 4) is 0 Å². The summed E-state index contributed by atoms with van der Waals surface area (Å²) in [5, 5.41) is 0.378. The molecule has 0 aromatic heterocycles. The molecule has 1 aromatic rings. The number of benzene rings is 1. The molecule has 22 heavy (non-hydrogen) atoms. The van der Waals surface area contributed by atoms with Crippen molar-refractivity contribution in [1.29, 1.82) is 0 Å². The number of carbonyl (C=O) groups excluding carboxylic acids is 2. The maximum Gasteiger partial charge on any atom is 0.338 e. The molecule has 1 aromatic carbocycles. The topological polar surface area (TPSA) is 72.6 Å². The lowest BCUT2D eigenvalue weighted by Gasteiger charge is -2.38. The molecule has 2 rings (SSSR count). The quantitative estimate of drug-likeness (QED) is 0.685. The number of hydrogen-bond donors (Lipinski definition) is 1. The molecule has 0 aliphatic carbocycles. The van der Waals surface area contributed by atoms with Gasteiger partial charge in [0.15, 0.2) is 6.61 Å². The van der Waals surface area contributed by atoms with Crippen LogP contribution in [0.4, 0.5) is 5.69 Å². The van der Waals surface area contributed by atoms with Crippen LogP contribution in [0.15, 0.2) is 18.2 Å². The first-order chi connectivity index (χ1) is 10.4. The van der Waals surface area contributed by atoms with Crippen LogP contribution in [0.3, 0.4) is 0 Å². The monoisotopic (exact) mass is 324 g/mol. The first-order valence-electron chi connectivity index (χ1n) is 7.43. The summed E-state index contributed by atoms with van der Waals surface area (Å²) in [6.07, 6.45) is 3.09. The Bertz CT molecular complexity index is 567. The number of anilines is 1. The molecule has 5 nitrogen and oxygen atoms in total. The molecule has 1 heterocycles. The van der Waals surface area contributed by atoms with Gasteiger partial charge in [0, 0.05) is 12.1 Å². The molecule has 0 saturated carbocycles. The van der Waals surface area contributed by atoms with E-state index in [1.165, 1.54) is 18.2 Å². The number of hydrogen-bond acceptors (Lipinski definition) is 4. The first-order valence-corrected chi connectivity index (χ1v) is 7.81. The average molecular weight is 325 g/mol. The molecule has 1 aliphatic heterocycles. The van der Waals surface area contributed by atoms with Gasteiger partial charge in [0.25, 0.3) is 5.91 Å². The maximum atomic E-state index is 12.3. The number of amides is 1.